The number of aromatic nitrogens is 1. The van der Waals surface area contributed by atoms with Crippen LogP contribution < -0.4 is 5.32 Å². The topological polar surface area (TPSA) is 45.2 Å². The molecule has 0 amide bonds. The van der Waals surface area contributed by atoms with E-state index in [1.807, 2.05) is 6.92 Å². The van der Waals surface area contributed by atoms with E-state index in [4.69, 9.17) is 5.11 Å². The molecule has 0 saturated heterocycles. The van der Waals surface area contributed by atoms with Crippen molar-refractivity contribution in [3.63, 3.8) is 0 Å². The summed E-state index contributed by atoms with van der Waals surface area (Å²) in [5.74, 6) is 0.793. The van der Waals surface area contributed by atoms with Gasteiger partial charge in [0.2, 0.25) is 0 Å². The Labute approximate surface area is 101 Å². The summed E-state index contributed by atoms with van der Waals surface area (Å²) in [6.45, 7) is 5.30. The first-order valence-electron chi connectivity index (χ1n) is 5.98. The van der Waals surface area contributed by atoms with Crippen LogP contribution in [0.5, 0.6) is 0 Å². The van der Waals surface area contributed by atoms with Crippen molar-refractivity contribution in [1.29, 1.82) is 0 Å². The molecule has 1 aliphatic carbocycles. The lowest BCUT2D eigenvalue weighted by Crippen LogP contribution is -2.31. The Kier molecular flexibility index (Phi) is 3.95. The molecule has 0 bridgehead atoms. The van der Waals surface area contributed by atoms with Crippen LogP contribution >= 0.6 is 11.3 Å². The molecule has 4 heteroatoms. The molecule has 2 N–H and O–H groups in total. The first kappa shape index (κ1) is 12.0. The van der Waals surface area contributed by atoms with E-state index in [9.17, 15) is 0 Å². The molecule has 1 aromatic rings. The Hall–Kier alpha value is -0.450. The highest BCUT2D eigenvalue weighted by molar-refractivity contribution is 7.11. The highest BCUT2D eigenvalue weighted by Gasteiger charge is 2.30. The lowest BCUT2D eigenvalue weighted by atomic mass is 10.1. The zero-order valence-corrected chi connectivity index (χ0v) is 10.8. The van der Waals surface area contributed by atoms with Crippen LogP contribution in [0, 0.1) is 19.8 Å². The molecule has 2 rings (SSSR count). The van der Waals surface area contributed by atoms with Crippen LogP contribution in [0.1, 0.15) is 34.8 Å². The van der Waals surface area contributed by atoms with Crippen molar-refractivity contribution in [3.8, 4) is 0 Å². The van der Waals surface area contributed by atoms with Crippen LogP contribution in [-0.2, 0) is 6.54 Å². The number of aliphatic hydroxyl groups is 1. The minimum Gasteiger partial charge on any atom is -0.396 e. The number of nitrogens with zero attached hydrogens (tertiary/aromatic N) is 1. The van der Waals surface area contributed by atoms with Gasteiger partial charge in [0, 0.05) is 24.1 Å². The van der Waals surface area contributed by atoms with Crippen LogP contribution in [0.3, 0.4) is 0 Å². The van der Waals surface area contributed by atoms with Crippen molar-refractivity contribution < 1.29 is 5.11 Å². The smallest absolute Gasteiger partial charge is 0.0900 e. The fourth-order valence-electron chi connectivity index (χ4n) is 2.10. The van der Waals surface area contributed by atoms with Crippen molar-refractivity contribution in [3.05, 3.63) is 15.6 Å². The quantitative estimate of drug-likeness (QED) is 0.799. The second-order valence-electron chi connectivity index (χ2n) is 4.58. The minimum atomic E-state index is 0.287. The van der Waals surface area contributed by atoms with Gasteiger partial charge in [-0.2, -0.15) is 0 Å². The summed E-state index contributed by atoms with van der Waals surface area (Å²) in [6, 6.07) is 0.492. The fourth-order valence-corrected chi connectivity index (χ4v) is 2.99. The SMILES string of the molecule is Cc1nc(C)c(CNC(CCO)C2CC2)s1. The van der Waals surface area contributed by atoms with Crippen LogP contribution in [0.4, 0.5) is 0 Å². The Bertz CT molecular complexity index is 347. The lowest BCUT2D eigenvalue weighted by Gasteiger charge is -2.16. The number of hydrogen-bond acceptors (Lipinski definition) is 4. The Morgan fingerprint density at radius 2 is 2.25 bits per heavy atom. The van der Waals surface area contributed by atoms with E-state index in [1.165, 1.54) is 17.7 Å². The molecular formula is C12H20N2OS. The predicted octanol–water partition coefficient (Wildman–Crippen LogP) is 2.01. The van der Waals surface area contributed by atoms with E-state index in [-0.39, 0.29) is 6.61 Å². The normalized spacial score (nSPS) is 17.7. The van der Waals surface area contributed by atoms with Crippen molar-refractivity contribution in [2.24, 2.45) is 5.92 Å². The summed E-state index contributed by atoms with van der Waals surface area (Å²) in [5, 5.41) is 13.7. The highest BCUT2D eigenvalue weighted by atomic mass is 32.1. The second kappa shape index (κ2) is 5.25. The third-order valence-electron chi connectivity index (χ3n) is 3.16. The maximum Gasteiger partial charge on any atom is 0.0900 e. The first-order valence-corrected chi connectivity index (χ1v) is 6.79. The number of nitrogens with one attached hydrogen (secondary N) is 1. The molecule has 16 heavy (non-hydrogen) atoms. The van der Waals surface area contributed by atoms with E-state index in [2.05, 4.69) is 17.2 Å². The monoisotopic (exact) mass is 240 g/mol. The molecule has 0 aliphatic heterocycles. The summed E-state index contributed by atoms with van der Waals surface area (Å²) in [4.78, 5) is 5.76. The largest absolute Gasteiger partial charge is 0.396 e. The molecule has 1 aliphatic rings. The molecule has 1 atom stereocenters. The Morgan fingerprint density at radius 3 is 2.75 bits per heavy atom. The third kappa shape index (κ3) is 3.03. The summed E-state index contributed by atoms with van der Waals surface area (Å²) < 4.78 is 0. The molecular weight excluding hydrogens is 220 g/mol. The average molecular weight is 240 g/mol. The molecule has 0 spiro atoms. The Balaban J connectivity index is 1.87. The summed E-state index contributed by atoms with van der Waals surface area (Å²) in [6.07, 6.45) is 3.51. The number of aryl methyl sites for hydroxylation is 2. The van der Waals surface area contributed by atoms with Gasteiger partial charge in [-0.25, -0.2) is 4.98 Å². The summed E-state index contributed by atoms with van der Waals surface area (Å²) in [5.41, 5.74) is 1.15. The zero-order chi connectivity index (χ0) is 11.5. The van der Waals surface area contributed by atoms with E-state index < -0.39 is 0 Å². The van der Waals surface area contributed by atoms with Crippen LogP contribution in [0.2, 0.25) is 0 Å². The van der Waals surface area contributed by atoms with Gasteiger partial charge in [-0.15, -0.1) is 11.3 Å². The molecule has 1 aromatic heterocycles. The molecule has 1 heterocycles. The summed E-state index contributed by atoms with van der Waals surface area (Å²) >= 11 is 1.77. The number of thiazole rings is 1. The molecule has 1 fully saturated rings. The minimum absolute atomic E-state index is 0.287. The van der Waals surface area contributed by atoms with E-state index in [0.717, 1.165) is 29.6 Å². The van der Waals surface area contributed by atoms with Crippen molar-refractivity contribution in [2.45, 2.75) is 45.7 Å². The van der Waals surface area contributed by atoms with E-state index in [0.29, 0.717) is 6.04 Å². The predicted molar refractivity (Wildman–Crippen MR) is 66.6 cm³/mol. The first-order chi connectivity index (χ1) is 7.70. The van der Waals surface area contributed by atoms with Gasteiger partial charge in [-0.1, -0.05) is 0 Å². The zero-order valence-electron chi connectivity index (χ0n) is 9.99. The fraction of sp³-hybridized carbons (Fsp3) is 0.750. The number of aliphatic hydroxyl groups excluding tert-OH is 1. The lowest BCUT2D eigenvalue weighted by molar-refractivity contribution is 0.256. The van der Waals surface area contributed by atoms with Crippen LogP contribution in [0.15, 0.2) is 0 Å². The van der Waals surface area contributed by atoms with Gasteiger partial charge in [-0.3, -0.25) is 0 Å². The maximum atomic E-state index is 9.02. The number of hydrogen-bond donors (Lipinski definition) is 2. The molecule has 1 saturated carbocycles. The molecule has 0 radical (unpaired) electrons. The van der Waals surface area contributed by atoms with E-state index in [1.54, 1.807) is 11.3 Å². The summed E-state index contributed by atoms with van der Waals surface area (Å²) in [7, 11) is 0. The second-order valence-corrected chi connectivity index (χ2v) is 5.87. The van der Waals surface area contributed by atoms with Crippen LogP contribution in [0.25, 0.3) is 0 Å². The van der Waals surface area contributed by atoms with Crippen molar-refractivity contribution in [2.75, 3.05) is 6.61 Å². The maximum absolute atomic E-state index is 9.02. The van der Waals surface area contributed by atoms with Gasteiger partial charge < -0.3 is 10.4 Å². The molecule has 3 nitrogen and oxygen atoms in total. The standard InChI is InChI=1S/C12H20N2OS/c1-8-12(16-9(2)14-8)7-13-11(5-6-15)10-3-4-10/h10-11,13,15H,3-7H2,1-2H3. The number of rotatable bonds is 6. The third-order valence-corrected chi connectivity index (χ3v) is 4.23. The molecule has 0 aromatic carbocycles. The molecule has 1 unspecified atom stereocenters. The average Bonchev–Trinajstić information content (AvgIpc) is 3.01. The van der Waals surface area contributed by atoms with E-state index >= 15 is 0 Å². The van der Waals surface area contributed by atoms with Crippen LogP contribution in [-0.4, -0.2) is 22.7 Å². The van der Waals surface area contributed by atoms with Gasteiger partial charge in [0.15, 0.2) is 0 Å². The van der Waals surface area contributed by atoms with Crippen molar-refractivity contribution >= 4 is 11.3 Å². The van der Waals surface area contributed by atoms with Gasteiger partial charge in [0.25, 0.3) is 0 Å². The van der Waals surface area contributed by atoms with Crippen molar-refractivity contribution in [1.82, 2.24) is 10.3 Å². The Morgan fingerprint density at radius 1 is 1.50 bits per heavy atom. The van der Waals surface area contributed by atoms with Gasteiger partial charge in [-0.05, 0) is 39.0 Å². The van der Waals surface area contributed by atoms with Gasteiger partial charge in [0.1, 0.15) is 0 Å². The van der Waals surface area contributed by atoms with Gasteiger partial charge in [0.05, 0.1) is 10.7 Å². The molecule has 90 valence electrons. The highest BCUT2D eigenvalue weighted by Crippen LogP contribution is 2.34. The van der Waals surface area contributed by atoms with Gasteiger partial charge >= 0.3 is 0 Å².